The number of para-hydroxylation sites is 1. The van der Waals surface area contributed by atoms with Crippen LogP contribution in [-0.4, -0.2) is 26.4 Å². The fourth-order valence-corrected chi connectivity index (χ4v) is 3.99. The molecule has 0 unspecified atom stereocenters. The van der Waals surface area contributed by atoms with Crippen molar-refractivity contribution in [2.45, 2.75) is 52.4 Å². The van der Waals surface area contributed by atoms with E-state index in [2.05, 4.69) is 22.4 Å². The summed E-state index contributed by atoms with van der Waals surface area (Å²) in [5, 5.41) is 12.2. The average Bonchev–Trinajstić information content (AvgIpc) is 3.14. The smallest absolute Gasteiger partial charge is 0.234 e. The quantitative estimate of drug-likeness (QED) is 0.500. The maximum atomic E-state index is 12.3. The molecule has 0 fully saturated rings. The minimum Gasteiger partial charge on any atom is -0.485 e. The van der Waals surface area contributed by atoms with Crippen LogP contribution in [0.25, 0.3) is 0 Å². The van der Waals surface area contributed by atoms with Crippen molar-refractivity contribution in [1.29, 1.82) is 0 Å². The number of ether oxygens (including phenoxy) is 1. The molecule has 158 valence electrons. The molecule has 1 amide bonds. The molecule has 0 saturated heterocycles. The first kappa shape index (κ1) is 21.9. The van der Waals surface area contributed by atoms with Gasteiger partial charge in [0.2, 0.25) is 5.91 Å². The van der Waals surface area contributed by atoms with Gasteiger partial charge in [0.25, 0.3) is 0 Å². The van der Waals surface area contributed by atoms with Gasteiger partial charge in [0.15, 0.2) is 11.0 Å². The molecule has 0 aliphatic carbocycles. The van der Waals surface area contributed by atoms with Crippen LogP contribution in [0.1, 0.15) is 36.4 Å². The van der Waals surface area contributed by atoms with Gasteiger partial charge >= 0.3 is 0 Å². The van der Waals surface area contributed by atoms with Crippen LogP contribution in [0.2, 0.25) is 0 Å². The molecule has 0 radical (unpaired) electrons. The molecule has 1 aromatic heterocycles. The van der Waals surface area contributed by atoms with Gasteiger partial charge < -0.3 is 14.6 Å². The Hall–Kier alpha value is -2.80. The Labute approximate surface area is 182 Å². The minimum absolute atomic E-state index is 0.0664. The number of carbonyl (C=O) groups is 1. The predicted molar refractivity (Wildman–Crippen MR) is 121 cm³/mol. The SMILES string of the molecule is CCc1ccc(NC(=O)CSc2nnc(COc3c(C)cccc3C)n2CC)cc1. The van der Waals surface area contributed by atoms with Crippen LogP contribution >= 0.6 is 11.8 Å². The van der Waals surface area contributed by atoms with E-state index in [1.807, 2.05) is 67.8 Å². The number of hydrogen-bond donors (Lipinski definition) is 1. The summed E-state index contributed by atoms with van der Waals surface area (Å²) in [6.45, 7) is 9.25. The third-order valence-electron chi connectivity index (χ3n) is 4.84. The van der Waals surface area contributed by atoms with Crippen molar-refractivity contribution in [3.05, 3.63) is 65.0 Å². The van der Waals surface area contributed by atoms with Crippen LogP contribution < -0.4 is 10.1 Å². The summed E-state index contributed by atoms with van der Waals surface area (Å²) in [4.78, 5) is 12.3. The average molecular weight is 425 g/mol. The first-order chi connectivity index (χ1) is 14.5. The summed E-state index contributed by atoms with van der Waals surface area (Å²) in [6, 6.07) is 14.0. The maximum Gasteiger partial charge on any atom is 0.234 e. The van der Waals surface area contributed by atoms with E-state index in [0.29, 0.717) is 18.3 Å². The molecule has 0 aliphatic heterocycles. The Morgan fingerprint density at radius 1 is 1.07 bits per heavy atom. The topological polar surface area (TPSA) is 69.0 Å². The molecule has 3 rings (SSSR count). The summed E-state index contributed by atoms with van der Waals surface area (Å²) in [5.74, 6) is 1.83. The molecule has 1 N–H and O–H groups in total. The molecule has 0 spiro atoms. The normalized spacial score (nSPS) is 10.8. The van der Waals surface area contributed by atoms with Gasteiger partial charge in [0, 0.05) is 12.2 Å². The highest BCUT2D eigenvalue weighted by atomic mass is 32.2. The van der Waals surface area contributed by atoms with Crippen LogP contribution in [0.5, 0.6) is 5.75 Å². The van der Waals surface area contributed by atoms with Gasteiger partial charge in [-0.2, -0.15) is 0 Å². The van der Waals surface area contributed by atoms with Crippen molar-refractivity contribution >= 4 is 23.4 Å². The Morgan fingerprint density at radius 3 is 2.40 bits per heavy atom. The molecule has 2 aromatic carbocycles. The van der Waals surface area contributed by atoms with E-state index in [1.54, 1.807) is 0 Å². The second-order valence-electron chi connectivity index (χ2n) is 7.04. The lowest BCUT2D eigenvalue weighted by atomic mass is 10.1. The van der Waals surface area contributed by atoms with Crippen LogP contribution in [-0.2, 0) is 24.4 Å². The van der Waals surface area contributed by atoms with Crippen molar-refractivity contribution in [2.75, 3.05) is 11.1 Å². The summed E-state index contributed by atoms with van der Waals surface area (Å²) >= 11 is 1.38. The second kappa shape index (κ2) is 10.3. The highest BCUT2D eigenvalue weighted by molar-refractivity contribution is 7.99. The maximum absolute atomic E-state index is 12.3. The molecular formula is C23H28N4O2S. The first-order valence-electron chi connectivity index (χ1n) is 10.1. The van der Waals surface area contributed by atoms with Gasteiger partial charge in [0.05, 0.1) is 5.75 Å². The summed E-state index contributed by atoms with van der Waals surface area (Å²) in [5.41, 5.74) is 4.23. The highest BCUT2D eigenvalue weighted by Gasteiger charge is 2.15. The zero-order valence-electron chi connectivity index (χ0n) is 17.9. The van der Waals surface area contributed by atoms with Gasteiger partial charge in [-0.3, -0.25) is 4.79 Å². The number of rotatable bonds is 9. The van der Waals surface area contributed by atoms with Gasteiger partial charge in [-0.25, -0.2) is 0 Å². The molecule has 7 heteroatoms. The van der Waals surface area contributed by atoms with E-state index in [1.165, 1.54) is 17.3 Å². The lowest BCUT2D eigenvalue weighted by Gasteiger charge is -2.12. The second-order valence-corrected chi connectivity index (χ2v) is 7.98. The van der Waals surface area contributed by atoms with E-state index in [-0.39, 0.29) is 11.7 Å². The van der Waals surface area contributed by atoms with Crippen molar-refractivity contribution < 1.29 is 9.53 Å². The fourth-order valence-electron chi connectivity index (χ4n) is 3.16. The number of anilines is 1. The van der Waals surface area contributed by atoms with Crippen molar-refractivity contribution in [3.63, 3.8) is 0 Å². The van der Waals surface area contributed by atoms with Gasteiger partial charge in [-0.15, -0.1) is 10.2 Å². The van der Waals surface area contributed by atoms with Crippen LogP contribution in [0, 0.1) is 13.8 Å². The number of thioether (sulfide) groups is 1. The lowest BCUT2D eigenvalue weighted by molar-refractivity contribution is -0.113. The summed E-state index contributed by atoms with van der Waals surface area (Å²) in [7, 11) is 0. The molecule has 6 nitrogen and oxygen atoms in total. The summed E-state index contributed by atoms with van der Waals surface area (Å²) < 4.78 is 8.01. The molecule has 30 heavy (non-hydrogen) atoms. The van der Waals surface area contributed by atoms with E-state index < -0.39 is 0 Å². The Morgan fingerprint density at radius 2 is 1.77 bits per heavy atom. The Kier molecular flexibility index (Phi) is 7.52. The summed E-state index contributed by atoms with van der Waals surface area (Å²) in [6.07, 6.45) is 0.978. The van der Waals surface area contributed by atoms with E-state index in [4.69, 9.17) is 4.74 Å². The number of benzene rings is 2. The number of amides is 1. The Bertz CT molecular complexity index is 979. The molecule has 0 bridgehead atoms. The number of nitrogens with zero attached hydrogens (tertiary/aromatic N) is 3. The Balaban J connectivity index is 1.59. The first-order valence-corrected chi connectivity index (χ1v) is 11.1. The molecular weight excluding hydrogens is 396 g/mol. The van der Waals surface area contributed by atoms with E-state index in [9.17, 15) is 4.79 Å². The number of carbonyl (C=O) groups excluding carboxylic acids is 1. The molecule has 1 heterocycles. The van der Waals surface area contributed by atoms with Crippen molar-refractivity contribution in [3.8, 4) is 5.75 Å². The lowest BCUT2D eigenvalue weighted by Crippen LogP contribution is -2.15. The standard InChI is InChI=1S/C23H28N4O2S/c1-5-18-10-12-19(13-11-18)24-21(28)15-30-23-26-25-20(27(23)6-2)14-29-22-16(3)8-7-9-17(22)4/h7-13H,5-6,14-15H2,1-4H3,(H,24,28). The van der Waals surface area contributed by atoms with Crippen molar-refractivity contribution in [2.24, 2.45) is 0 Å². The zero-order valence-corrected chi connectivity index (χ0v) is 18.8. The molecule has 3 aromatic rings. The van der Waals surface area contributed by atoms with Crippen LogP contribution in [0.15, 0.2) is 47.6 Å². The molecule has 0 saturated carbocycles. The number of hydrogen-bond acceptors (Lipinski definition) is 5. The monoisotopic (exact) mass is 424 g/mol. The predicted octanol–water partition coefficient (Wildman–Crippen LogP) is 4.79. The largest absolute Gasteiger partial charge is 0.485 e. The third kappa shape index (κ3) is 5.42. The molecule has 0 aliphatic rings. The molecule has 0 atom stereocenters. The number of aromatic nitrogens is 3. The van der Waals surface area contributed by atoms with E-state index in [0.717, 1.165) is 34.8 Å². The number of aryl methyl sites for hydroxylation is 3. The number of nitrogens with one attached hydrogen (secondary N) is 1. The minimum atomic E-state index is -0.0664. The third-order valence-corrected chi connectivity index (χ3v) is 5.81. The van der Waals surface area contributed by atoms with E-state index >= 15 is 0 Å². The fraction of sp³-hybridized carbons (Fsp3) is 0.348. The van der Waals surface area contributed by atoms with Gasteiger partial charge in [0.1, 0.15) is 12.4 Å². The highest BCUT2D eigenvalue weighted by Crippen LogP contribution is 2.24. The van der Waals surface area contributed by atoms with Crippen molar-refractivity contribution in [1.82, 2.24) is 14.8 Å². The zero-order chi connectivity index (χ0) is 21.5. The van der Waals surface area contributed by atoms with Crippen LogP contribution in [0.4, 0.5) is 5.69 Å². The van der Waals surface area contributed by atoms with Gasteiger partial charge in [-0.1, -0.05) is 49.0 Å². The van der Waals surface area contributed by atoms with Gasteiger partial charge in [-0.05, 0) is 56.0 Å². The van der Waals surface area contributed by atoms with Crippen LogP contribution in [0.3, 0.4) is 0 Å².